The first-order valence-corrected chi connectivity index (χ1v) is 9.70. The van der Waals surface area contributed by atoms with Crippen molar-refractivity contribution in [3.63, 3.8) is 0 Å². The molecule has 0 saturated heterocycles. The molecule has 4 heterocycles. The van der Waals surface area contributed by atoms with E-state index in [0.29, 0.717) is 28.4 Å². The zero-order chi connectivity index (χ0) is 19.8. The van der Waals surface area contributed by atoms with Crippen molar-refractivity contribution in [3.05, 3.63) is 41.1 Å². The van der Waals surface area contributed by atoms with Gasteiger partial charge in [-0.15, -0.1) is 0 Å². The number of rotatable bonds is 4. The van der Waals surface area contributed by atoms with Crippen LogP contribution >= 0.6 is 11.3 Å². The molecule has 0 aromatic carbocycles. The Morgan fingerprint density at radius 2 is 2.14 bits per heavy atom. The van der Waals surface area contributed by atoms with Crippen LogP contribution in [-0.4, -0.2) is 36.7 Å². The maximum absolute atomic E-state index is 13.2. The molecule has 0 bridgehead atoms. The highest BCUT2D eigenvalue weighted by atomic mass is 32.1. The van der Waals surface area contributed by atoms with E-state index in [4.69, 9.17) is 0 Å². The van der Waals surface area contributed by atoms with E-state index in [1.54, 1.807) is 21.3 Å². The number of pyridine rings is 2. The van der Waals surface area contributed by atoms with Gasteiger partial charge >= 0.3 is 6.03 Å². The minimum absolute atomic E-state index is 0.0652. The van der Waals surface area contributed by atoms with Crippen molar-refractivity contribution in [3.8, 4) is 11.1 Å². The maximum atomic E-state index is 13.2. The van der Waals surface area contributed by atoms with Crippen LogP contribution in [0.4, 0.5) is 9.93 Å². The van der Waals surface area contributed by atoms with Crippen molar-refractivity contribution in [2.45, 2.75) is 26.8 Å². The topological polar surface area (TPSA) is 106 Å². The first-order chi connectivity index (χ1) is 13.5. The Labute approximate surface area is 164 Å². The van der Waals surface area contributed by atoms with E-state index < -0.39 is 0 Å². The Kier molecular flexibility index (Phi) is 4.55. The van der Waals surface area contributed by atoms with Crippen LogP contribution in [0.3, 0.4) is 0 Å². The first kappa shape index (κ1) is 18.1. The number of hydrogen-bond acceptors (Lipinski definition) is 6. The van der Waals surface area contributed by atoms with E-state index in [2.05, 4.69) is 25.7 Å². The summed E-state index contributed by atoms with van der Waals surface area (Å²) in [6, 6.07) is 5.02. The van der Waals surface area contributed by atoms with Crippen LogP contribution in [0.15, 0.2) is 35.5 Å². The van der Waals surface area contributed by atoms with Crippen molar-refractivity contribution in [1.29, 1.82) is 0 Å². The quantitative estimate of drug-likeness (QED) is 0.551. The summed E-state index contributed by atoms with van der Waals surface area (Å²) >= 11 is 1.28. The van der Waals surface area contributed by atoms with Gasteiger partial charge in [0.25, 0.3) is 5.56 Å². The number of hydrogen-bond donors (Lipinski definition) is 2. The number of anilines is 1. The fourth-order valence-electron chi connectivity index (χ4n) is 3.02. The Balaban J connectivity index is 1.88. The van der Waals surface area contributed by atoms with Crippen LogP contribution in [0.2, 0.25) is 0 Å². The Morgan fingerprint density at radius 1 is 1.32 bits per heavy atom. The molecule has 0 unspecified atom stereocenters. The highest BCUT2D eigenvalue weighted by Gasteiger charge is 2.18. The minimum atomic E-state index is -0.322. The van der Waals surface area contributed by atoms with Crippen LogP contribution in [0, 0.1) is 0 Å². The van der Waals surface area contributed by atoms with E-state index in [0.717, 1.165) is 10.4 Å². The molecule has 28 heavy (non-hydrogen) atoms. The minimum Gasteiger partial charge on any atom is -0.338 e. The number of carbonyl (C=O) groups excluding carboxylic acids is 1. The first-order valence-electron chi connectivity index (χ1n) is 8.88. The molecule has 0 fully saturated rings. The molecule has 0 aliphatic carbocycles. The van der Waals surface area contributed by atoms with Gasteiger partial charge in [-0.2, -0.15) is 5.10 Å². The number of fused-ring (bicyclic) bond motifs is 2. The van der Waals surface area contributed by atoms with Gasteiger partial charge in [0.1, 0.15) is 16.7 Å². The van der Waals surface area contributed by atoms with Crippen molar-refractivity contribution >= 4 is 38.5 Å². The molecular weight excluding hydrogens is 378 g/mol. The van der Waals surface area contributed by atoms with E-state index in [9.17, 15) is 9.59 Å². The molecule has 9 nitrogen and oxygen atoms in total. The molecular formula is C18H19N7O2S. The second-order valence-electron chi connectivity index (χ2n) is 6.50. The SMILES string of the molecule is CCNC(=O)Nc1nc2cc(-c3ccn4ncnc4c3)c(=O)n(C(C)C)c2s1. The summed E-state index contributed by atoms with van der Waals surface area (Å²) in [4.78, 5) is 34.5. The lowest BCUT2D eigenvalue weighted by molar-refractivity contribution is 0.252. The molecule has 2 amide bonds. The number of aromatic nitrogens is 5. The van der Waals surface area contributed by atoms with Crippen LogP contribution < -0.4 is 16.2 Å². The molecule has 4 rings (SSSR count). The second-order valence-corrected chi connectivity index (χ2v) is 7.48. The molecule has 0 aliphatic heterocycles. The molecule has 0 spiro atoms. The van der Waals surface area contributed by atoms with E-state index in [-0.39, 0.29) is 17.6 Å². The fourth-order valence-corrected chi connectivity index (χ4v) is 4.10. The number of nitrogens with one attached hydrogen (secondary N) is 2. The van der Waals surface area contributed by atoms with Crippen molar-refractivity contribution < 1.29 is 4.79 Å². The highest BCUT2D eigenvalue weighted by Crippen LogP contribution is 2.30. The summed E-state index contributed by atoms with van der Waals surface area (Å²) in [6.07, 6.45) is 3.23. The highest BCUT2D eigenvalue weighted by molar-refractivity contribution is 7.22. The predicted octanol–water partition coefficient (Wildman–Crippen LogP) is 2.89. The summed E-state index contributed by atoms with van der Waals surface area (Å²) in [5.74, 6) is 0. The van der Waals surface area contributed by atoms with Crippen LogP contribution in [0.5, 0.6) is 0 Å². The summed E-state index contributed by atoms with van der Waals surface area (Å²) < 4.78 is 3.35. The number of urea groups is 1. The summed E-state index contributed by atoms with van der Waals surface area (Å²) in [5.41, 5.74) is 2.47. The van der Waals surface area contributed by atoms with Crippen molar-refractivity contribution in [2.75, 3.05) is 11.9 Å². The number of thiazole rings is 1. The molecule has 0 aliphatic rings. The Hall–Kier alpha value is -3.27. The summed E-state index contributed by atoms with van der Waals surface area (Å²) in [6.45, 7) is 6.25. The van der Waals surface area contributed by atoms with Gasteiger partial charge in [0.05, 0.1) is 0 Å². The molecule has 0 radical (unpaired) electrons. The molecule has 0 saturated carbocycles. The van der Waals surface area contributed by atoms with Crippen LogP contribution in [0.25, 0.3) is 27.1 Å². The average molecular weight is 397 g/mol. The standard InChI is InChI=1S/C18H19N7O2S/c1-4-19-17(27)23-18-22-13-8-12(15(26)25(10(2)3)16(13)28-18)11-5-6-24-14(7-11)20-9-21-24/h5-10H,4H2,1-3H3,(H2,19,22,23,27). The maximum Gasteiger partial charge on any atom is 0.321 e. The molecule has 2 N–H and O–H groups in total. The lowest BCUT2D eigenvalue weighted by Gasteiger charge is -2.13. The predicted molar refractivity (Wildman–Crippen MR) is 109 cm³/mol. The number of carbonyl (C=O) groups is 1. The molecule has 0 atom stereocenters. The third-order valence-electron chi connectivity index (χ3n) is 4.25. The monoisotopic (exact) mass is 397 g/mol. The Morgan fingerprint density at radius 3 is 2.89 bits per heavy atom. The van der Waals surface area contributed by atoms with Crippen LogP contribution in [0.1, 0.15) is 26.8 Å². The number of nitrogens with zero attached hydrogens (tertiary/aromatic N) is 5. The van der Waals surface area contributed by atoms with E-state index in [1.807, 2.05) is 32.9 Å². The van der Waals surface area contributed by atoms with Gasteiger partial charge in [-0.3, -0.25) is 14.7 Å². The van der Waals surface area contributed by atoms with Gasteiger partial charge in [0, 0.05) is 24.3 Å². The lowest BCUT2D eigenvalue weighted by Crippen LogP contribution is -2.28. The van der Waals surface area contributed by atoms with Gasteiger partial charge < -0.3 is 5.32 Å². The second kappa shape index (κ2) is 7.04. The fraction of sp³-hybridized carbons (Fsp3) is 0.278. The van der Waals surface area contributed by atoms with Crippen molar-refractivity contribution in [1.82, 2.24) is 29.5 Å². The largest absolute Gasteiger partial charge is 0.338 e. The third kappa shape index (κ3) is 3.11. The summed E-state index contributed by atoms with van der Waals surface area (Å²) in [5, 5.41) is 9.92. The average Bonchev–Trinajstić information content (AvgIpc) is 3.26. The normalized spacial score (nSPS) is 11.4. The van der Waals surface area contributed by atoms with Crippen molar-refractivity contribution in [2.24, 2.45) is 0 Å². The zero-order valence-electron chi connectivity index (χ0n) is 15.6. The number of amides is 2. The van der Waals surface area contributed by atoms with Gasteiger partial charge in [-0.1, -0.05) is 11.3 Å². The Bertz CT molecular complexity index is 1240. The lowest BCUT2D eigenvalue weighted by atomic mass is 10.1. The van der Waals surface area contributed by atoms with Gasteiger partial charge in [-0.25, -0.2) is 19.3 Å². The summed E-state index contributed by atoms with van der Waals surface area (Å²) in [7, 11) is 0. The van der Waals surface area contributed by atoms with E-state index in [1.165, 1.54) is 17.7 Å². The van der Waals surface area contributed by atoms with Gasteiger partial charge in [0.2, 0.25) is 0 Å². The van der Waals surface area contributed by atoms with Gasteiger partial charge in [0.15, 0.2) is 10.8 Å². The molecule has 10 heteroatoms. The van der Waals surface area contributed by atoms with Gasteiger partial charge in [-0.05, 0) is 44.5 Å². The smallest absolute Gasteiger partial charge is 0.321 e. The zero-order valence-corrected chi connectivity index (χ0v) is 16.4. The molecule has 144 valence electrons. The third-order valence-corrected chi connectivity index (χ3v) is 5.24. The van der Waals surface area contributed by atoms with E-state index >= 15 is 0 Å². The molecule has 4 aromatic rings. The van der Waals surface area contributed by atoms with Crippen LogP contribution in [-0.2, 0) is 0 Å². The molecule has 4 aromatic heterocycles.